The quantitative estimate of drug-likeness (QED) is 0.651. The second kappa shape index (κ2) is 10.8. The molecule has 25 heavy (non-hydrogen) atoms. The maximum absolute atomic E-state index is 12.2. The van der Waals surface area contributed by atoms with Crippen LogP contribution in [0.4, 0.5) is 0 Å². The minimum absolute atomic E-state index is 0. The lowest BCUT2D eigenvalue weighted by Crippen LogP contribution is -3.00. The summed E-state index contributed by atoms with van der Waals surface area (Å²) in [6.07, 6.45) is 5.89. The van der Waals surface area contributed by atoms with Gasteiger partial charge in [0.25, 0.3) is 0 Å². The number of halogens is 1. The molecule has 0 aromatic heterocycles. The van der Waals surface area contributed by atoms with Crippen LogP contribution in [-0.2, 0) is 4.79 Å². The standard InChI is InChI=1S/C20H31NO3.ClH/c1-14-13-17(9-10-19(14)24-3)20(23)15(2)21-12-11-18(22)16-7-5-4-6-8-16;/h9-10,13,15-16,20-21,23H,4-8,11-12H2,1-3H3;1H. The van der Waals surface area contributed by atoms with Gasteiger partial charge in [-0.2, -0.15) is 0 Å². The van der Waals surface area contributed by atoms with Crippen LogP contribution in [0.15, 0.2) is 18.2 Å². The van der Waals surface area contributed by atoms with Crippen molar-refractivity contribution in [3.63, 3.8) is 0 Å². The Bertz CT molecular complexity index is 544. The molecule has 0 spiro atoms. The summed E-state index contributed by atoms with van der Waals surface area (Å²) < 4.78 is 5.26. The lowest BCUT2D eigenvalue weighted by atomic mass is 9.85. The number of benzene rings is 1. The topological polar surface area (TPSA) is 63.1 Å². The highest BCUT2D eigenvalue weighted by Gasteiger charge is 2.23. The number of carbonyl (C=O) groups is 1. The third-order valence-corrected chi connectivity index (χ3v) is 5.25. The number of carbonyl (C=O) groups excluding carboxylic acids is 1. The maximum atomic E-state index is 12.2. The highest BCUT2D eigenvalue weighted by molar-refractivity contribution is 5.81. The first-order valence-corrected chi connectivity index (χ1v) is 9.21. The van der Waals surface area contributed by atoms with Gasteiger partial charge in [-0.15, -0.1) is 0 Å². The Morgan fingerprint density at radius 2 is 2.00 bits per heavy atom. The van der Waals surface area contributed by atoms with Gasteiger partial charge in [0.15, 0.2) is 0 Å². The minimum atomic E-state index is -0.542. The van der Waals surface area contributed by atoms with Crippen LogP contribution in [0, 0.1) is 12.8 Å². The fraction of sp³-hybridized carbons (Fsp3) is 0.650. The van der Waals surface area contributed by atoms with Gasteiger partial charge in [-0.1, -0.05) is 25.3 Å². The van der Waals surface area contributed by atoms with Crippen LogP contribution < -0.4 is 22.5 Å². The summed E-state index contributed by atoms with van der Waals surface area (Å²) in [7, 11) is 1.65. The van der Waals surface area contributed by atoms with Crippen molar-refractivity contribution in [3.05, 3.63) is 29.3 Å². The number of ether oxygens (including phenoxy) is 1. The molecule has 0 radical (unpaired) electrons. The average Bonchev–Trinajstić information content (AvgIpc) is 2.61. The van der Waals surface area contributed by atoms with E-state index in [4.69, 9.17) is 4.74 Å². The normalized spacial score (nSPS) is 17.4. The fourth-order valence-electron chi connectivity index (χ4n) is 3.64. The van der Waals surface area contributed by atoms with Gasteiger partial charge in [0.1, 0.15) is 23.7 Å². The maximum Gasteiger partial charge on any atom is 0.141 e. The molecule has 2 unspecified atom stereocenters. The fourth-order valence-corrected chi connectivity index (χ4v) is 3.64. The molecule has 0 heterocycles. The van der Waals surface area contributed by atoms with Crippen LogP contribution in [0.5, 0.6) is 5.75 Å². The predicted octanol–water partition coefficient (Wildman–Crippen LogP) is -0.468. The van der Waals surface area contributed by atoms with Crippen molar-refractivity contribution in [1.29, 1.82) is 0 Å². The van der Waals surface area contributed by atoms with Crippen LogP contribution in [-0.4, -0.2) is 30.6 Å². The minimum Gasteiger partial charge on any atom is -1.00 e. The van der Waals surface area contributed by atoms with E-state index >= 15 is 0 Å². The van der Waals surface area contributed by atoms with E-state index in [2.05, 4.69) is 5.32 Å². The molecule has 1 aliphatic rings. The first-order chi connectivity index (χ1) is 11.5. The van der Waals surface area contributed by atoms with Crippen molar-refractivity contribution in [2.24, 2.45) is 5.92 Å². The number of hydrogen-bond acceptors (Lipinski definition) is 3. The zero-order chi connectivity index (χ0) is 17.5. The number of ketones is 1. The number of aliphatic hydroxyl groups excluding tert-OH is 1. The van der Waals surface area contributed by atoms with Gasteiger partial charge in [0.2, 0.25) is 0 Å². The van der Waals surface area contributed by atoms with Gasteiger partial charge in [0.05, 0.1) is 20.1 Å². The lowest BCUT2D eigenvalue weighted by Gasteiger charge is -2.21. The number of hydrogen-bond donors (Lipinski definition) is 2. The average molecular weight is 370 g/mol. The van der Waals surface area contributed by atoms with Crippen molar-refractivity contribution in [2.45, 2.75) is 64.5 Å². The second-order valence-electron chi connectivity index (χ2n) is 7.11. The van der Waals surface area contributed by atoms with Crippen molar-refractivity contribution in [3.8, 4) is 5.75 Å². The summed E-state index contributed by atoms with van der Waals surface area (Å²) in [5, 5.41) is 12.6. The number of rotatable bonds is 8. The van der Waals surface area contributed by atoms with E-state index in [0.29, 0.717) is 12.2 Å². The summed E-state index contributed by atoms with van der Waals surface area (Å²) in [4.78, 5) is 12.2. The smallest absolute Gasteiger partial charge is 0.141 e. The van der Waals surface area contributed by atoms with Crippen LogP contribution in [0.3, 0.4) is 0 Å². The van der Waals surface area contributed by atoms with Crippen LogP contribution in [0.25, 0.3) is 0 Å². The molecule has 1 fully saturated rings. The molecule has 0 aliphatic heterocycles. The summed E-state index contributed by atoms with van der Waals surface area (Å²) in [5.74, 6) is 1.53. The van der Waals surface area contributed by atoms with Gasteiger partial charge in [-0.05, 0) is 49.9 Å². The molecule has 1 aliphatic carbocycles. The van der Waals surface area contributed by atoms with E-state index in [1.807, 2.05) is 32.0 Å². The van der Waals surface area contributed by atoms with Gasteiger partial charge in [-0.25, -0.2) is 0 Å². The van der Waals surface area contributed by atoms with Gasteiger partial charge >= 0.3 is 0 Å². The molecule has 3 N–H and O–H groups in total. The Balaban J connectivity index is 0.00000312. The van der Waals surface area contributed by atoms with Crippen LogP contribution in [0.1, 0.15) is 62.7 Å². The molecule has 0 bridgehead atoms. The molecule has 1 saturated carbocycles. The van der Waals surface area contributed by atoms with Crippen molar-refractivity contribution in [2.75, 3.05) is 13.7 Å². The van der Waals surface area contributed by atoms with Crippen LogP contribution in [0.2, 0.25) is 0 Å². The molecule has 0 amide bonds. The van der Waals surface area contributed by atoms with Gasteiger partial charge < -0.3 is 27.6 Å². The van der Waals surface area contributed by atoms with Gasteiger partial charge in [-0.3, -0.25) is 4.79 Å². The SMILES string of the molecule is COc1ccc(C(O)C(C)[NH2+]CCC(=O)C2CCCCC2)cc1C.[Cl-]. The number of methoxy groups -OCH3 is 1. The Labute approximate surface area is 157 Å². The van der Waals surface area contributed by atoms with E-state index in [9.17, 15) is 9.90 Å². The summed E-state index contributed by atoms with van der Waals surface area (Å²) in [6.45, 7) is 4.74. The van der Waals surface area contributed by atoms with E-state index < -0.39 is 6.10 Å². The predicted molar refractivity (Wildman–Crippen MR) is 95.1 cm³/mol. The Hall–Kier alpha value is -1.10. The lowest BCUT2D eigenvalue weighted by molar-refractivity contribution is -0.693. The first-order valence-electron chi connectivity index (χ1n) is 9.21. The zero-order valence-electron chi connectivity index (χ0n) is 15.6. The largest absolute Gasteiger partial charge is 1.00 e. The number of Topliss-reactive ketones (excluding diaryl/α,β-unsaturated/α-hetero) is 1. The molecule has 5 heteroatoms. The third-order valence-electron chi connectivity index (χ3n) is 5.25. The Kier molecular flexibility index (Phi) is 9.47. The number of aliphatic hydroxyl groups is 1. The van der Waals surface area contributed by atoms with Gasteiger partial charge in [0, 0.05) is 5.92 Å². The van der Waals surface area contributed by atoms with Crippen LogP contribution >= 0.6 is 0 Å². The third kappa shape index (κ3) is 6.28. The highest BCUT2D eigenvalue weighted by atomic mass is 35.5. The van der Waals surface area contributed by atoms with E-state index in [-0.39, 0.29) is 24.4 Å². The molecule has 142 valence electrons. The molecule has 2 atom stereocenters. The Morgan fingerprint density at radius 3 is 2.60 bits per heavy atom. The molecule has 1 aromatic carbocycles. The molecule has 2 rings (SSSR count). The molecule has 1 aromatic rings. The van der Waals surface area contributed by atoms with Crippen molar-refractivity contribution in [1.82, 2.24) is 0 Å². The molecular formula is C20H32ClNO3. The van der Waals surface area contributed by atoms with E-state index in [0.717, 1.165) is 36.3 Å². The monoisotopic (exact) mass is 369 g/mol. The molecular weight excluding hydrogens is 338 g/mol. The van der Waals surface area contributed by atoms with Crippen molar-refractivity contribution >= 4 is 5.78 Å². The summed E-state index contributed by atoms with van der Waals surface area (Å²) in [5.41, 5.74) is 1.92. The second-order valence-corrected chi connectivity index (χ2v) is 7.11. The zero-order valence-corrected chi connectivity index (χ0v) is 16.4. The van der Waals surface area contributed by atoms with E-state index in [1.165, 1.54) is 19.3 Å². The van der Waals surface area contributed by atoms with Crippen molar-refractivity contribution < 1.29 is 32.4 Å². The van der Waals surface area contributed by atoms with E-state index in [1.54, 1.807) is 7.11 Å². The first kappa shape index (κ1) is 21.9. The number of nitrogens with two attached hydrogens (primary N) is 1. The Morgan fingerprint density at radius 1 is 1.32 bits per heavy atom. The number of aryl methyl sites for hydroxylation is 1. The highest BCUT2D eigenvalue weighted by Crippen LogP contribution is 2.25. The summed E-state index contributed by atoms with van der Waals surface area (Å²) >= 11 is 0. The molecule has 4 nitrogen and oxygen atoms in total. The number of quaternary nitrogens is 1. The molecule has 0 saturated heterocycles. The summed E-state index contributed by atoms with van der Waals surface area (Å²) in [6, 6.07) is 5.80.